The number of nitrogens with one attached hydrogen (secondary N) is 1. The zero-order valence-electron chi connectivity index (χ0n) is 12.4. The van der Waals surface area contributed by atoms with E-state index in [1.807, 2.05) is 0 Å². The number of nitrogens with zero attached hydrogens (tertiary/aromatic N) is 2. The molecule has 1 N–H and O–H groups in total. The van der Waals surface area contributed by atoms with Crippen molar-refractivity contribution in [1.82, 2.24) is 9.97 Å². The van der Waals surface area contributed by atoms with Crippen molar-refractivity contribution in [1.29, 1.82) is 0 Å². The van der Waals surface area contributed by atoms with Gasteiger partial charge in [0.15, 0.2) is 0 Å². The lowest BCUT2D eigenvalue weighted by atomic mass is 10.1. The monoisotopic (exact) mass is 283 g/mol. The van der Waals surface area contributed by atoms with Gasteiger partial charge in [0.05, 0.1) is 0 Å². The van der Waals surface area contributed by atoms with E-state index in [0.29, 0.717) is 11.2 Å². The molecule has 0 amide bonds. The molecule has 0 aliphatic heterocycles. The molecule has 1 atom stereocenters. The normalized spacial score (nSPS) is 12.4. The van der Waals surface area contributed by atoms with Crippen LogP contribution in [0.4, 0.5) is 5.82 Å². The molecule has 4 heteroatoms. The lowest BCUT2D eigenvalue weighted by Gasteiger charge is -2.17. The van der Waals surface area contributed by atoms with E-state index in [1.54, 1.807) is 0 Å². The maximum absolute atomic E-state index is 6.15. The van der Waals surface area contributed by atoms with Crippen LogP contribution in [0.2, 0.25) is 5.15 Å². The van der Waals surface area contributed by atoms with Gasteiger partial charge in [-0.05, 0) is 19.8 Å². The Labute approximate surface area is 122 Å². The van der Waals surface area contributed by atoms with Crippen molar-refractivity contribution < 1.29 is 0 Å². The van der Waals surface area contributed by atoms with Gasteiger partial charge in [-0.3, -0.25) is 0 Å². The Hall–Kier alpha value is -0.830. The standard InChI is InChI=1S/C15H26ClN3/c1-4-6-7-8-10-12(3)19-15-13(9-5-2)14(16)17-11-18-15/h11-12H,4-10H2,1-3H3,(H,17,18,19). The van der Waals surface area contributed by atoms with Gasteiger partial charge >= 0.3 is 0 Å². The van der Waals surface area contributed by atoms with Crippen LogP contribution in [0.1, 0.15) is 64.9 Å². The number of aromatic nitrogens is 2. The molecule has 108 valence electrons. The van der Waals surface area contributed by atoms with Crippen molar-refractivity contribution in [3.8, 4) is 0 Å². The summed E-state index contributed by atoms with van der Waals surface area (Å²) in [5.41, 5.74) is 1.05. The fourth-order valence-electron chi connectivity index (χ4n) is 2.17. The van der Waals surface area contributed by atoms with E-state index in [9.17, 15) is 0 Å². The first kappa shape index (κ1) is 16.2. The van der Waals surface area contributed by atoms with E-state index < -0.39 is 0 Å². The second-order valence-electron chi connectivity index (χ2n) is 5.14. The molecule has 1 aromatic heterocycles. The number of unbranched alkanes of at least 4 members (excludes halogenated alkanes) is 3. The molecule has 0 fully saturated rings. The Bertz CT molecular complexity index is 368. The van der Waals surface area contributed by atoms with Crippen molar-refractivity contribution in [2.75, 3.05) is 5.32 Å². The van der Waals surface area contributed by atoms with E-state index in [0.717, 1.165) is 24.2 Å². The fraction of sp³-hybridized carbons (Fsp3) is 0.733. The molecule has 0 radical (unpaired) electrons. The largest absolute Gasteiger partial charge is 0.367 e. The topological polar surface area (TPSA) is 37.8 Å². The van der Waals surface area contributed by atoms with Crippen LogP contribution in [-0.2, 0) is 6.42 Å². The Balaban J connectivity index is 2.53. The molecule has 0 saturated carbocycles. The zero-order chi connectivity index (χ0) is 14.1. The quantitative estimate of drug-likeness (QED) is 0.520. The van der Waals surface area contributed by atoms with Crippen LogP contribution in [0, 0.1) is 0 Å². The molecule has 3 nitrogen and oxygen atoms in total. The Morgan fingerprint density at radius 2 is 1.95 bits per heavy atom. The van der Waals surface area contributed by atoms with Crippen LogP contribution < -0.4 is 5.32 Å². The van der Waals surface area contributed by atoms with Gasteiger partial charge in [-0.25, -0.2) is 9.97 Å². The Kier molecular flexibility index (Phi) is 7.80. The third-order valence-electron chi connectivity index (χ3n) is 3.27. The summed E-state index contributed by atoms with van der Waals surface area (Å²) in [5, 5.41) is 4.06. The third-order valence-corrected chi connectivity index (χ3v) is 3.59. The molecule has 0 spiro atoms. The highest BCUT2D eigenvalue weighted by atomic mass is 35.5. The second-order valence-corrected chi connectivity index (χ2v) is 5.49. The minimum atomic E-state index is 0.429. The molecule has 0 aliphatic rings. The van der Waals surface area contributed by atoms with Crippen LogP contribution in [0.15, 0.2) is 6.33 Å². The van der Waals surface area contributed by atoms with Gasteiger partial charge in [-0.15, -0.1) is 0 Å². The SMILES string of the molecule is CCCCCCC(C)Nc1ncnc(Cl)c1CCC. The van der Waals surface area contributed by atoms with Crippen LogP contribution in [-0.4, -0.2) is 16.0 Å². The van der Waals surface area contributed by atoms with Crippen molar-refractivity contribution in [3.63, 3.8) is 0 Å². The number of hydrogen-bond donors (Lipinski definition) is 1. The molecule has 0 bridgehead atoms. The summed E-state index contributed by atoms with van der Waals surface area (Å²) in [7, 11) is 0. The summed E-state index contributed by atoms with van der Waals surface area (Å²) in [6.45, 7) is 6.58. The van der Waals surface area contributed by atoms with Crippen molar-refractivity contribution in [2.45, 2.75) is 71.8 Å². The highest BCUT2D eigenvalue weighted by Crippen LogP contribution is 2.22. The van der Waals surface area contributed by atoms with Crippen LogP contribution in [0.25, 0.3) is 0 Å². The third kappa shape index (κ3) is 5.77. The molecular weight excluding hydrogens is 258 g/mol. The van der Waals surface area contributed by atoms with Crippen LogP contribution in [0.5, 0.6) is 0 Å². The summed E-state index contributed by atoms with van der Waals surface area (Å²) in [4.78, 5) is 8.40. The van der Waals surface area contributed by atoms with E-state index >= 15 is 0 Å². The first-order chi connectivity index (χ1) is 9.19. The smallest absolute Gasteiger partial charge is 0.137 e. The molecule has 1 rings (SSSR count). The van der Waals surface area contributed by atoms with Gasteiger partial charge in [-0.1, -0.05) is 57.6 Å². The number of halogens is 1. The molecule has 1 heterocycles. The summed E-state index contributed by atoms with van der Waals surface area (Å²) in [6.07, 6.45) is 9.87. The van der Waals surface area contributed by atoms with Gasteiger partial charge in [0.2, 0.25) is 0 Å². The average Bonchev–Trinajstić information content (AvgIpc) is 2.39. The Morgan fingerprint density at radius 3 is 2.63 bits per heavy atom. The zero-order valence-corrected chi connectivity index (χ0v) is 13.1. The van der Waals surface area contributed by atoms with E-state index in [2.05, 4.69) is 36.1 Å². The second kappa shape index (κ2) is 9.13. The van der Waals surface area contributed by atoms with E-state index in [-0.39, 0.29) is 0 Å². The summed E-state index contributed by atoms with van der Waals surface area (Å²) < 4.78 is 0. The van der Waals surface area contributed by atoms with Crippen LogP contribution in [0.3, 0.4) is 0 Å². The first-order valence-electron chi connectivity index (χ1n) is 7.44. The minimum absolute atomic E-state index is 0.429. The van der Waals surface area contributed by atoms with Gasteiger partial charge in [0, 0.05) is 11.6 Å². The number of hydrogen-bond acceptors (Lipinski definition) is 3. The molecular formula is C15H26ClN3. The average molecular weight is 284 g/mol. The number of rotatable bonds is 9. The molecule has 0 aromatic carbocycles. The van der Waals surface area contributed by atoms with Gasteiger partial charge in [0.1, 0.15) is 17.3 Å². The molecule has 0 saturated heterocycles. The molecule has 19 heavy (non-hydrogen) atoms. The van der Waals surface area contributed by atoms with Crippen molar-refractivity contribution in [2.24, 2.45) is 0 Å². The van der Waals surface area contributed by atoms with Gasteiger partial charge < -0.3 is 5.32 Å². The highest BCUT2D eigenvalue weighted by Gasteiger charge is 2.11. The molecule has 0 aliphatic carbocycles. The lowest BCUT2D eigenvalue weighted by Crippen LogP contribution is -2.17. The summed E-state index contributed by atoms with van der Waals surface area (Å²) in [5.74, 6) is 0.907. The Morgan fingerprint density at radius 1 is 1.16 bits per heavy atom. The predicted molar refractivity (Wildman–Crippen MR) is 82.9 cm³/mol. The van der Waals surface area contributed by atoms with Crippen LogP contribution >= 0.6 is 11.6 Å². The lowest BCUT2D eigenvalue weighted by molar-refractivity contribution is 0.592. The van der Waals surface area contributed by atoms with Crippen molar-refractivity contribution in [3.05, 3.63) is 17.0 Å². The molecule has 1 unspecified atom stereocenters. The summed E-state index contributed by atoms with van der Waals surface area (Å²) in [6, 6.07) is 0.429. The number of anilines is 1. The van der Waals surface area contributed by atoms with Gasteiger partial charge in [0.25, 0.3) is 0 Å². The van der Waals surface area contributed by atoms with Gasteiger partial charge in [-0.2, -0.15) is 0 Å². The minimum Gasteiger partial charge on any atom is -0.367 e. The van der Waals surface area contributed by atoms with E-state index in [1.165, 1.54) is 38.4 Å². The maximum atomic E-state index is 6.15. The van der Waals surface area contributed by atoms with E-state index in [4.69, 9.17) is 11.6 Å². The first-order valence-corrected chi connectivity index (χ1v) is 7.82. The molecule has 1 aromatic rings. The predicted octanol–water partition coefficient (Wildman–Crippen LogP) is 4.85. The van der Waals surface area contributed by atoms with Crippen molar-refractivity contribution >= 4 is 17.4 Å². The fourth-order valence-corrected chi connectivity index (χ4v) is 2.40. The summed E-state index contributed by atoms with van der Waals surface area (Å²) >= 11 is 6.15. The highest BCUT2D eigenvalue weighted by molar-refractivity contribution is 6.30. The maximum Gasteiger partial charge on any atom is 0.137 e.